The van der Waals surface area contributed by atoms with Crippen molar-refractivity contribution >= 4 is 17.5 Å². The molecule has 3 aromatic rings. The van der Waals surface area contributed by atoms with Crippen molar-refractivity contribution in [3.63, 3.8) is 0 Å². The minimum Gasteiger partial charge on any atom is -0.341 e. The number of carbonyl (C=O) groups is 1. The molecule has 2 aromatic heterocycles. The van der Waals surface area contributed by atoms with Gasteiger partial charge in [-0.15, -0.1) is 0 Å². The van der Waals surface area contributed by atoms with E-state index >= 15 is 0 Å². The van der Waals surface area contributed by atoms with Crippen molar-refractivity contribution in [2.45, 2.75) is 25.8 Å². The SMILES string of the molecule is Cc1cnc(C2CN(C(=O)Cc3ccc(Cl)cc3)C2)n1Cc1ccncc1. The summed E-state index contributed by atoms with van der Waals surface area (Å²) in [5.41, 5.74) is 3.32. The van der Waals surface area contributed by atoms with E-state index in [4.69, 9.17) is 11.6 Å². The topological polar surface area (TPSA) is 51.0 Å². The lowest BCUT2D eigenvalue weighted by atomic mass is 9.97. The first kappa shape index (κ1) is 17.7. The number of amides is 1. The maximum Gasteiger partial charge on any atom is 0.227 e. The van der Waals surface area contributed by atoms with Crippen molar-refractivity contribution in [1.29, 1.82) is 0 Å². The van der Waals surface area contributed by atoms with E-state index in [2.05, 4.69) is 21.5 Å². The number of rotatable bonds is 5. The van der Waals surface area contributed by atoms with E-state index in [1.54, 1.807) is 0 Å². The number of benzene rings is 1. The summed E-state index contributed by atoms with van der Waals surface area (Å²) in [4.78, 5) is 23.1. The van der Waals surface area contributed by atoms with Gasteiger partial charge in [0.15, 0.2) is 0 Å². The monoisotopic (exact) mass is 380 g/mol. The van der Waals surface area contributed by atoms with E-state index < -0.39 is 0 Å². The van der Waals surface area contributed by atoms with Gasteiger partial charge in [0.2, 0.25) is 5.91 Å². The molecule has 0 aliphatic carbocycles. The third-order valence-electron chi connectivity index (χ3n) is 5.04. The fraction of sp³-hybridized carbons (Fsp3) is 0.286. The van der Waals surface area contributed by atoms with Crippen LogP contribution in [-0.2, 0) is 17.8 Å². The number of halogens is 1. The van der Waals surface area contributed by atoms with Gasteiger partial charge in [0.25, 0.3) is 0 Å². The van der Waals surface area contributed by atoms with Crippen molar-refractivity contribution in [2.75, 3.05) is 13.1 Å². The molecule has 27 heavy (non-hydrogen) atoms. The standard InChI is InChI=1S/C21H21ClN4O/c1-15-11-24-21(26(15)12-17-6-8-23-9-7-17)18-13-25(14-18)20(27)10-16-2-4-19(22)5-3-16/h2-9,11,18H,10,12-14H2,1H3. The molecule has 1 saturated heterocycles. The highest BCUT2D eigenvalue weighted by Crippen LogP contribution is 2.28. The highest BCUT2D eigenvalue weighted by Gasteiger charge is 2.34. The molecule has 1 aliphatic rings. The van der Waals surface area contributed by atoms with Crippen LogP contribution in [0.5, 0.6) is 0 Å². The Morgan fingerprint density at radius 2 is 1.81 bits per heavy atom. The van der Waals surface area contributed by atoms with Crippen LogP contribution in [0.1, 0.15) is 28.6 Å². The zero-order valence-electron chi connectivity index (χ0n) is 15.2. The summed E-state index contributed by atoms with van der Waals surface area (Å²) in [6.45, 7) is 4.29. The summed E-state index contributed by atoms with van der Waals surface area (Å²) < 4.78 is 2.24. The molecule has 0 unspecified atom stereocenters. The summed E-state index contributed by atoms with van der Waals surface area (Å²) >= 11 is 5.90. The average molecular weight is 381 g/mol. The zero-order valence-corrected chi connectivity index (χ0v) is 15.9. The van der Waals surface area contributed by atoms with Crippen molar-refractivity contribution in [3.8, 4) is 0 Å². The summed E-state index contributed by atoms with van der Waals surface area (Å²) in [7, 11) is 0. The van der Waals surface area contributed by atoms with Crippen molar-refractivity contribution < 1.29 is 4.79 Å². The van der Waals surface area contributed by atoms with Gasteiger partial charge in [-0.1, -0.05) is 23.7 Å². The van der Waals surface area contributed by atoms with Gasteiger partial charge in [-0.3, -0.25) is 9.78 Å². The number of carbonyl (C=O) groups excluding carboxylic acids is 1. The van der Waals surface area contributed by atoms with Crippen LogP contribution < -0.4 is 0 Å². The fourth-order valence-corrected chi connectivity index (χ4v) is 3.54. The average Bonchev–Trinajstić information content (AvgIpc) is 2.97. The number of aromatic nitrogens is 3. The van der Waals surface area contributed by atoms with Gasteiger partial charge in [-0.2, -0.15) is 0 Å². The predicted molar refractivity (Wildman–Crippen MR) is 105 cm³/mol. The van der Waals surface area contributed by atoms with Gasteiger partial charge in [-0.25, -0.2) is 4.98 Å². The molecule has 1 aliphatic heterocycles. The van der Waals surface area contributed by atoms with Crippen LogP contribution in [-0.4, -0.2) is 38.4 Å². The van der Waals surface area contributed by atoms with Crippen LogP contribution in [0, 0.1) is 6.92 Å². The molecule has 6 heteroatoms. The molecule has 1 aromatic carbocycles. The first-order valence-electron chi connectivity index (χ1n) is 9.03. The quantitative estimate of drug-likeness (QED) is 0.681. The minimum atomic E-state index is 0.150. The lowest BCUT2D eigenvalue weighted by Crippen LogP contribution is -2.49. The first-order valence-corrected chi connectivity index (χ1v) is 9.41. The van der Waals surface area contributed by atoms with Gasteiger partial charge < -0.3 is 9.47 Å². The second-order valence-electron chi connectivity index (χ2n) is 7.00. The number of nitrogens with zero attached hydrogens (tertiary/aromatic N) is 4. The Labute approximate surface area is 163 Å². The lowest BCUT2D eigenvalue weighted by Gasteiger charge is -2.39. The van der Waals surface area contributed by atoms with Crippen LogP contribution in [0.3, 0.4) is 0 Å². The Morgan fingerprint density at radius 3 is 2.52 bits per heavy atom. The fourth-order valence-electron chi connectivity index (χ4n) is 3.42. The third kappa shape index (κ3) is 3.88. The molecule has 0 spiro atoms. The summed E-state index contributed by atoms with van der Waals surface area (Å²) in [6.07, 6.45) is 5.94. The smallest absolute Gasteiger partial charge is 0.227 e. The van der Waals surface area contributed by atoms with Crippen LogP contribution >= 0.6 is 11.6 Å². The number of aryl methyl sites for hydroxylation is 1. The molecule has 0 bridgehead atoms. The normalized spacial score (nSPS) is 14.2. The maximum absolute atomic E-state index is 12.5. The Kier molecular flexibility index (Phi) is 4.94. The Morgan fingerprint density at radius 1 is 1.11 bits per heavy atom. The lowest BCUT2D eigenvalue weighted by molar-refractivity contribution is -0.135. The predicted octanol–water partition coefficient (Wildman–Crippen LogP) is 3.46. The van der Waals surface area contributed by atoms with Crippen molar-refractivity contribution in [3.05, 3.63) is 82.7 Å². The molecule has 4 rings (SSSR count). The van der Waals surface area contributed by atoms with E-state index in [0.29, 0.717) is 11.4 Å². The van der Waals surface area contributed by atoms with Gasteiger partial charge in [0.1, 0.15) is 5.82 Å². The van der Waals surface area contributed by atoms with Gasteiger partial charge in [0.05, 0.1) is 12.3 Å². The molecule has 1 amide bonds. The highest BCUT2D eigenvalue weighted by atomic mass is 35.5. The summed E-state index contributed by atoms with van der Waals surface area (Å²) in [6, 6.07) is 11.5. The number of imidazole rings is 1. The van der Waals surface area contributed by atoms with Crippen molar-refractivity contribution in [2.24, 2.45) is 0 Å². The van der Waals surface area contributed by atoms with E-state index in [1.165, 1.54) is 5.56 Å². The zero-order chi connectivity index (χ0) is 18.8. The summed E-state index contributed by atoms with van der Waals surface area (Å²) in [5, 5.41) is 0.687. The van der Waals surface area contributed by atoms with Crippen molar-refractivity contribution in [1.82, 2.24) is 19.4 Å². The van der Waals surface area contributed by atoms with Gasteiger partial charge >= 0.3 is 0 Å². The molecule has 3 heterocycles. The molecule has 0 saturated carbocycles. The van der Waals surface area contributed by atoms with Crippen LogP contribution in [0.2, 0.25) is 5.02 Å². The van der Waals surface area contributed by atoms with E-state index in [1.807, 2.05) is 59.9 Å². The number of pyridine rings is 1. The molecule has 0 N–H and O–H groups in total. The molecule has 0 atom stereocenters. The Hall–Kier alpha value is -2.66. The van der Waals surface area contributed by atoms with Gasteiger partial charge in [-0.05, 0) is 42.3 Å². The third-order valence-corrected chi connectivity index (χ3v) is 5.30. The number of hydrogen-bond donors (Lipinski definition) is 0. The molecule has 1 fully saturated rings. The maximum atomic E-state index is 12.5. The Bertz CT molecular complexity index is 931. The second kappa shape index (κ2) is 7.53. The second-order valence-corrected chi connectivity index (χ2v) is 7.43. The van der Waals surface area contributed by atoms with Crippen LogP contribution in [0.25, 0.3) is 0 Å². The summed E-state index contributed by atoms with van der Waals surface area (Å²) in [5.74, 6) is 1.49. The largest absolute Gasteiger partial charge is 0.341 e. The van der Waals surface area contributed by atoms with Gasteiger partial charge in [0, 0.05) is 48.9 Å². The molecular weight excluding hydrogens is 360 g/mol. The van der Waals surface area contributed by atoms with Crippen LogP contribution in [0.4, 0.5) is 0 Å². The first-order chi connectivity index (χ1) is 13.1. The number of hydrogen-bond acceptors (Lipinski definition) is 3. The minimum absolute atomic E-state index is 0.150. The van der Waals surface area contributed by atoms with E-state index in [0.717, 1.165) is 36.7 Å². The molecular formula is C21H21ClN4O. The van der Waals surface area contributed by atoms with E-state index in [9.17, 15) is 4.79 Å². The Balaban J connectivity index is 1.39. The molecule has 0 radical (unpaired) electrons. The number of likely N-dealkylation sites (tertiary alicyclic amines) is 1. The molecule has 5 nitrogen and oxygen atoms in total. The highest BCUT2D eigenvalue weighted by molar-refractivity contribution is 6.30. The van der Waals surface area contributed by atoms with E-state index in [-0.39, 0.29) is 11.8 Å². The molecule has 138 valence electrons. The van der Waals surface area contributed by atoms with Crippen LogP contribution in [0.15, 0.2) is 55.0 Å².